The van der Waals surface area contributed by atoms with E-state index < -0.39 is 0 Å². The summed E-state index contributed by atoms with van der Waals surface area (Å²) >= 11 is 0. The lowest BCUT2D eigenvalue weighted by Gasteiger charge is -2.21. The van der Waals surface area contributed by atoms with Crippen LogP contribution in [-0.2, 0) is 16.2 Å². The molecular formula is C85H61N5. The summed E-state index contributed by atoms with van der Waals surface area (Å²) in [7, 11) is 0. The molecule has 0 fully saturated rings. The number of hydrogen-bond acceptors (Lipinski definition) is 2. The molecule has 0 saturated heterocycles. The molecule has 0 unspecified atom stereocenters. The topological polar surface area (TPSA) is 40.6 Å². The summed E-state index contributed by atoms with van der Waals surface area (Å²) in [6.45, 7) is 14.2. The molecule has 16 aromatic rings. The molecule has 4 aromatic heterocycles. The number of rotatable bonds is 6. The van der Waals surface area contributed by atoms with Crippen LogP contribution in [0.3, 0.4) is 0 Å². The van der Waals surface area contributed by atoms with Crippen molar-refractivity contribution < 1.29 is 0 Å². The van der Waals surface area contributed by atoms with Crippen LogP contribution in [0.4, 0.5) is 0 Å². The molecule has 4 heterocycles. The maximum absolute atomic E-state index is 5.48. The van der Waals surface area contributed by atoms with Gasteiger partial charge in [-0.15, -0.1) is 0 Å². The molecule has 0 saturated carbocycles. The average molecular weight is 1150 g/mol. The van der Waals surface area contributed by atoms with E-state index in [1.54, 1.807) is 0 Å². The van der Waals surface area contributed by atoms with Gasteiger partial charge in [-0.25, -0.2) is 9.97 Å². The van der Waals surface area contributed by atoms with E-state index in [-0.39, 0.29) is 16.2 Å². The number of benzene rings is 12. The first-order valence-electron chi connectivity index (χ1n) is 31.6. The Labute approximate surface area is 522 Å². The lowest BCUT2D eigenvalue weighted by molar-refractivity contribution is 0.660. The number of para-hydroxylation sites is 3. The highest BCUT2D eigenvalue weighted by molar-refractivity contribution is 6.20. The first-order chi connectivity index (χ1) is 43.9. The Morgan fingerprint density at radius 1 is 0.256 bits per heavy atom. The highest BCUT2D eigenvalue weighted by atomic mass is 15.0. The molecule has 426 valence electrons. The van der Waals surface area contributed by atoms with Gasteiger partial charge in [-0.1, -0.05) is 211 Å². The standard InChI is InChI=1S/C85H61N5/c1-83(2)62-25-13-7-19-56(62)76-65(83)43-46-73-79(76)59-22-10-16-28-70(59)88(73)53-37-31-50(32-38-53)68-49-69(51-33-39-54(40-34-51)89-71-29-17-11-23-60(71)80-74(89)47-44-66-77(80)57-20-8-14-26-63(57)84(66,3)4)87-82(86-68)52-35-41-55(42-36-52)90-72-30-18-12-24-61(72)81-75(90)48-45-67-78(81)58-21-9-15-27-64(58)85(67,5)6/h7-49H,1-6H3. The van der Waals surface area contributed by atoms with Gasteiger partial charge >= 0.3 is 0 Å². The van der Waals surface area contributed by atoms with Crippen molar-refractivity contribution >= 4 is 65.4 Å². The van der Waals surface area contributed by atoms with Gasteiger partial charge in [-0.2, -0.15) is 0 Å². The second kappa shape index (κ2) is 18.1. The normalized spacial score (nSPS) is 14.6. The number of nitrogens with zero attached hydrogens (tertiary/aromatic N) is 5. The zero-order chi connectivity index (χ0) is 60.1. The molecule has 0 amide bonds. The fraction of sp³-hybridized carbons (Fsp3) is 0.106. The number of aromatic nitrogens is 5. The lowest BCUT2D eigenvalue weighted by atomic mass is 9.82. The fourth-order valence-electron chi connectivity index (χ4n) is 16.8. The molecule has 0 spiro atoms. The lowest BCUT2D eigenvalue weighted by Crippen LogP contribution is -2.14. The highest BCUT2D eigenvalue weighted by Crippen LogP contribution is 2.57. The summed E-state index contributed by atoms with van der Waals surface area (Å²) in [6.07, 6.45) is 0. The molecule has 3 aliphatic rings. The van der Waals surface area contributed by atoms with Crippen molar-refractivity contribution in [3.05, 3.63) is 294 Å². The third-order valence-corrected chi connectivity index (χ3v) is 21.1. The van der Waals surface area contributed by atoms with E-state index in [4.69, 9.17) is 9.97 Å². The second-order valence-electron chi connectivity index (χ2n) is 26.8. The van der Waals surface area contributed by atoms with Crippen LogP contribution in [0.25, 0.3) is 150 Å². The molecular weight excluding hydrogens is 1090 g/mol. The molecule has 0 N–H and O–H groups in total. The maximum Gasteiger partial charge on any atom is 0.160 e. The van der Waals surface area contributed by atoms with Crippen LogP contribution in [0.2, 0.25) is 0 Å². The van der Waals surface area contributed by atoms with Gasteiger partial charge in [-0.3, -0.25) is 0 Å². The van der Waals surface area contributed by atoms with Crippen molar-refractivity contribution in [2.24, 2.45) is 0 Å². The van der Waals surface area contributed by atoms with Crippen LogP contribution in [0, 0.1) is 0 Å². The predicted octanol–water partition coefficient (Wildman–Crippen LogP) is 21.7. The Bertz CT molecular complexity index is 5200. The summed E-state index contributed by atoms with van der Waals surface area (Å²) in [5, 5.41) is 7.69. The molecule has 0 radical (unpaired) electrons. The van der Waals surface area contributed by atoms with Gasteiger partial charge in [-0.05, 0) is 158 Å². The Balaban J connectivity index is 0.751. The Morgan fingerprint density at radius 2 is 0.544 bits per heavy atom. The summed E-state index contributed by atoms with van der Waals surface area (Å²) in [6, 6.07) is 96.8. The molecule has 12 aromatic carbocycles. The predicted molar refractivity (Wildman–Crippen MR) is 374 cm³/mol. The van der Waals surface area contributed by atoms with Gasteiger partial charge in [0.1, 0.15) is 0 Å². The first kappa shape index (κ1) is 51.2. The van der Waals surface area contributed by atoms with E-state index >= 15 is 0 Å². The minimum atomic E-state index is -0.0983. The maximum atomic E-state index is 5.48. The van der Waals surface area contributed by atoms with Crippen LogP contribution in [0.15, 0.2) is 261 Å². The van der Waals surface area contributed by atoms with Crippen molar-refractivity contribution in [3.63, 3.8) is 0 Å². The molecule has 5 heteroatoms. The molecule has 0 atom stereocenters. The van der Waals surface area contributed by atoms with Crippen molar-refractivity contribution in [3.8, 4) is 84.3 Å². The largest absolute Gasteiger partial charge is 0.309 e. The van der Waals surface area contributed by atoms with Crippen LogP contribution < -0.4 is 0 Å². The van der Waals surface area contributed by atoms with E-state index in [1.165, 1.54) is 132 Å². The van der Waals surface area contributed by atoms with Gasteiger partial charge in [0.15, 0.2) is 5.82 Å². The smallest absolute Gasteiger partial charge is 0.160 e. The van der Waals surface area contributed by atoms with Crippen LogP contribution in [0.5, 0.6) is 0 Å². The molecule has 0 aliphatic heterocycles. The fourth-order valence-corrected chi connectivity index (χ4v) is 16.8. The second-order valence-corrected chi connectivity index (χ2v) is 26.8. The van der Waals surface area contributed by atoms with E-state index in [2.05, 4.69) is 316 Å². The monoisotopic (exact) mass is 1150 g/mol. The Kier molecular flexibility index (Phi) is 10.3. The average Bonchev–Trinajstić information content (AvgIpc) is 1.56. The number of fused-ring (bicyclic) bond motifs is 21. The number of hydrogen-bond donors (Lipinski definition) is 0. The molecule has 0 bridgehead atoms. The van der Waals surface area contributed by atoms with E-state index in [0.717, 1.165) is 45.1 Å². The van der Waals surface area contributed by atoms with Gasteiger partial charge < -0.3 is 13.7 Å². The van der Waals surface area contributed by atoms with E-state index in [9.17, 15) is 0 Å². The Morgan fingerprint density at radius 3 is 0.878 bits per heavy atom. The summed E-state index contributed by atoms with van der Waals surface area (Å²) in [5.74, 6) is 0.667. The molecule has 19 rings (SSSR count). The van der Waals surface area contributed by atoms with Crippen LogP contribution >= 0.6 is 0 Å². The van der Waals surface area contributed by atoms with Crippen LogP contribution in [0.1, 0.15) is 74.9 Å². The molecule has 3 aliphatic carbocycles. The zero-order valence-corrected chi connectivity index (χ0v) is 51.1. The van der Waals surface area contributed by atoms with Crippen molar-refractivity contribution in [1.82, 2.24) is 23.7 Å². The minimum absolute atomic E-state index is 0.0964. The third-order valence-electron chi connectivity index (χ3n) is 21.1. The van der Waals surface area contributed by atoms with Gasteiger partial charge in [0.2, 0.25) is 0 Å². The minimum Gasteiger partial charge on any atom is -0.309 e. The molecule has 5 nitrogen and oxygen atoms in total. The van der Waals surface area contributed by atoms with Gasteiger partial charge in [0.05, 0.1) is 44.5 Å². The quantitative estimate of drug-likeness (QED) is 0.166. The van der Waals surface area contributed by atoms with Crippen LogP contribution in [-0.4, -0.2) is 23.7 Å². The molecule has 90 heavy (non-hydrogen) atoms. The van der Waals surface area contributed by atoms with E-state index in [1.807, 2.05) is 0 Å². The van der Waals surface area contributed by atoms with Gasteiger partial charge in [0, 0.05) is 82.3 Å². The van der Waals surface area contributed by atoms with E-state index in [0.29, 0.717) is 5.82 Å². The van der Waals surface area contributed by atoms with Crippen molar-refractivity contribution in [1.29, 1.82) is 0 Å². The van der Waals surface area contributed by atoms with Crippen molar-refractivity contribution in [2.75, 3.05) is 0 Å². The zero-order valence-electron chi connectivity index (χ0n) is 51.1. The Hall–Kier alpha value is -10.9. The summed E-state index contributed by atoms with van der Waals surface area (Å²) in [4.78, 5) is 11.0. The SMILES string of the molecule is CC1(C)c2ccccc2-c2c1ccc1c2c2ccccc2n1-c1ccc(-c2cc(-c3ccc(-n4c5ccccc5c5c6c(ccc54)C(C)(C)c4ccccc4-6)cc3)nc(-c3ccc(-n4c5ccccc5c5c6c(ccc54)C(C)(C)c4ccccc4-6)cc3)n2)cc1. The summed E-state index contributed by atoms with van der Waals surface area (Å²) < 4.78 is 7.32. The first-order valence-corrected chi connectivity index (χ1v) is 31.6. The van der Waals surface area contributed by atoms with Gasteiger partial charge in [0.25, 0.3) is 0 Å². The van der Waals surface area contributed by atoms with Crippen molar-refractivity contribution in [2.45, 2.75) is 57.8 Å². The summed E-state index contributed by atoms with van der Waals surface area (Å²) in [5.41, 5.74) is 31.1. The highest BCUT2D eigenvalue weighted by Gasteiger charge is 2.40. The third kappa shape index (κ3) is 6.81.